The van der Waals surface area contributed by atoms with Crippen molar-refractivity contribution in [3.05, 3.63) is 10.5 Å². The van der Waals surface area contributed by atoms with Crippen LogP contribution in [0.1, 0.15) is 25.7 Å². The van der Waals surface area contributed by atoms with Crippen LogP contribution in [0.2, 0.25) is 5.15 Å². The highest BCUT2D eigenvalue weighted by Crippen LogP contribution is 2.28. The van der Waals surface area contributed by atoms with E-state index in [1.807, 2.05) is 12.4 Å². The van der Waals surface area contributed by atoms with E-state index in [9.17, 15) is 4.79 Å². The molecule has 0 aromatic carbocycles. The van der Waals surface area contributed by atoms with Crippen LogP contribution in [0.4, 0.5) is 5.13 Å². The molecule has 1 aromatic heterocycles. The number of anilines is 1. The maximum Gasteiger partial charge on any atom is 0.186 e. The van der Waals surface area contributed by atoms with Crippen LogP contribution in [0, 0.1) is 0 Å². The molecule has 1 heterocycles. The third-order valence-corrected chi connectivity index (χ3v) is 4.08. The molecule has 0 atom stereocenters. The van der Waals surface area contributed by atoms with Crippen molar-refractivity contribution in [2.45, 2.75) is 31.7 Å². The van der Waals surface area contributed by atoms with E-state index in [0.717, 1.165) is 18.0 Å². The number of thiazole rings is 1. The first-order valence-electron chi connectivity index (χ1n) is 5.02. The van der Waals surface area contributed by atoms with Gasteiger partial charge in [0.25, 0.3) is 0 Å². The number of ketones is 1. The Morgan fingerprint density at radius 3 is 2.73 bits per heavy atom. The van der Waals surface area contributed by atoms with Crippen LogP contribution in [0.15, 0.2) is 5.38 Å². The number of hydrogen-bond donors (Lipinski definition) is 0. The van der Waals surface area contributed by atoms with Crippen LogP contribution < -0.4 is 4.90 Å². The van der Waals surface area contributed by atoms with E-state index in [-0.39, 0.29) is 0 Å². The SMILES string of the molecule is CN(c1nc(Cl)cs1)C1CCC(=O)CC1. The van der Waals surface area contributed by atoms with Gasteiger partial charge in [-0.3, -0.25) is 4.79 Å². The second-order valence-electron chi connectivity index (χ2n) is 3.83. The maximum absolute atomic E-state index is 11.1. The summed E-state index contributed by atoms with van der Waals surface area (Å²) in [5, 5.41) is 3.33. The van der Waals surface area contributed by atoms with E-state index >= 15 is 0 Å². The van der Waals surface area contributed by atoms with Crippen LogP contribution in [-0.4, -0.2) is 23.9 Å². The highest BCUT2D eigenvalue weighted by Gasteiger charge is 2.23. The minimum atomic E-state index is 0.386. The van der Waals surface area contributed by atoms with Gasteiger partial charge in [-0.15, -0.1) is 11.3 Å². The third kappa shape index (κ3) is 2.49. The molecule has 0 unspecified atom stereocenters. The highest BCUT2D eigenvalue weighted by atomic mass is 35.5. The summed E-state index contributed by atoms with van der Waals surface area (Å²) in [5.41, 5.74) is 0. The first-order valence-corrected chi connectivity index (χ1v) is 6.28. The van der Waals surface area contributed by atoms with E-state index in [2.05, 4.69) is 9.88 Å². The molecule has 5 heteroatoms. The Morgan fingerprint density at radius 1 is 1.53 bits per heavy atom. The largest absolute Gasteiger partial charge is 0.348 e. The smallest absolute Gasteiger partial charge is 0.186 e. The molecule has 0 saturated heterocycles. The van der Waals surface area contributed by atoms with Crippen molar-refractivity contribution in [1.82, 2.24) is 4.98 Å². The van der Waals surface area contributed by atoms with Gasteiger partial charge in [-0.25, -0.2) is 4.98 Å². The quantitative estimate of drug-likeness (QED) is 0.802. The molecule has 0 bridgehead atoms. The number of halogens is 1. The molecule has 0 amide bonds. The summed E-state index contributed by atoms with van der Waals surface area (Å²) in [6.07, 6.45) is 3.28. The summed E-state index contributed by atoms with van der Waals surface area (Å²) in [4.78, 5) is 17.5. The zero-order valence-electron chi connectivity index (χ0n) is 8.57. The van der Waals surface area contributed by atoms with Crippen LogP contribution >= 0.6 is 22.9 Å². The third-order valence-electron chi connectivity index (χ3n) is 2.83. The molecule has 1 aliphatic rings. The van der Waals surface area contributed by atoms with Gasteiger partial charge in [0.05, 0.1) is 0 Å². The van der Waals surface area contributed by atoms with Gasteiger partial charge < -0.3 is 4.90 Å². The Kier molecular flexibility index (Phi) is 3.26. The van der Waals surface area contributed by atoms with E-state index in [1.165, 1.54) is 0 Å². The predicted octanol–water partition coefficient (Wildman–Crippen LogP) is 2.74. The zero-order chi connectivity index (χ0) is 10.8. The molecule has 82 valence electrons. The molecule has 0 spiro atoms. The topological polar surface area (TPSA) is 33.2 Å². The second-order valence-corrected chi connectivity index (χ2v) is 5.06. The summed E-state index contributed by atoms with van der Waals surface area (Å²) >= 11 is 7.34. The molecule has 3 nitrogen and oxygen atoms in total. The van der Waals surface area contributed by atoms with Crippen molar-refractivity contribution >= 4 is 33.9 Å². The van der Waals surface area contributed by atoms with E-state index in [1.54, 1.807) is 11.3 Å². The predicted molar refractivity (Wildman–Crippen MR) is 62.8 cm³/mol. The number of hydrogen-bond acceptors (Lipinski definition) is 4. The lowest BCUT2D eigenvalue weighted by atomic mass is 9.94. The molecular weight excluding hydrogens is 232 g/mol. The molecule has 1 aliphatic carbocycles. The van der Waals surface area contributed by atoms with Crippen LogP contribution in [0.5, 0.6) is 0 Å². The fraction of sp³-hybridized carbons (Fsp3) is 0.600. The normalized spacial score (nSPS) is 18.1. The average Bonchev–Trinajstić information content (AvgIpc) is 2.65. The van der Waals surface area contributed by atoms with Gasteiger partial charge in [0.2, 0.25) is 0 Å². The molecule has 1 aromatic rings. The number of rotatable bonds is 2. The molecule has 2 rings (SSSR count). The van der Waals surface area contributed by atoms with Crippen molar-refractivity contribution < 1.29 is 4.79 Å². The first-order chi connectivity index (χ1) is 7.16. The van der Waals surface area contributed by atoms with Crippen LogP contribution in [-0.2, 0) is 4.79 Å². The van der Waals surface area contributed by atoms with Gasteiger partial charge >= 0.3 is 0 Å². The lowest BCUT2D eigenvalue weighted by Crippen LogP contribution is -2.35. The fourth-order valence-corrected chi connectivity index (χ4v) is 2.86. The Morgan fingerprint density at radius 2 is 2.20 bits per heavy atom. The average molecular weight is 245 g/mol. The summed E-state index contributed by atoms with van der Waals surface area (Å²) in [6.45, 7) is 0. The summed E-state index contributed by atoms with van der Waals surface area (Å²) in [7, 11) is 2.02. The fourth-order valence-electron chi connectivity index (χ4n) is 1.88. The summed E-state index contributed by atoms with van der Waals surface area (Å²) < 4.78 is 0. The van der Waals surface area contributed by atoms with Gasteiger partial charge in [-0.05, 0) is 12.8 Å². The first kappa shape index (κ1) is 10.9. The van der Waals surface area contributed by atoms with Crippen molar-refractivity contribution in [2.24, 2.45) is 0 Å². The van der Waals surface area contributed by atoms with Crippen LogP contribution in [0.3, 0.4) is 0 Å². The molecule has 0 aliphatic heterocycles. The van der Waals surface area contributed by atoms with Crippen molar-refractivity contribution in [3.63, 3.8) is 0 Å². The zero-order valence-corrected chi connectivity index (χ0v) is 10.1. The molecule has 15 heavy (non-hydrogen) atoms. The van der Waals surface area contributed by atoms with Crippen molar-refractivity contribution in [2.75, 3.05) is 11.9 Å². The Balaban J connectivity index is 2.02. The minimum Gasteiger partial charge on any atom is -0.348 e. The molecular formula is C10H13ClN2OS. The molecule has 1 saturated carbocycles. The maximum atomic E-state index is 11.1. The highest BCUT2D eigenvalue weighted by molar-refractivity contribution is 7.14. The summed E-state index contributed by atoms with van der Waals surface area (Å²) in [5.74, 6) is 0.386. The lowest BCUT2D eigenvalue weighted by molar-refractivity contribution is -0.120. The Bertz CT molecular complexity index is 356. The molecule has 0 radical (unpaired) electrons. The van der Waals surface area contributed by atoms with Gasteiger partial charge in [0.1, 0.15) is 10.9 Å². The van der Waals surface area contributed by atoms with E-state index in [0.29, 0.717) is 29.8 Å². The number of Topliss-reactive ketones (excluding diaryl/α,β-unsaturated/α-hetero) is 1. The second kappa shape index (κ2) is 4.49. The molecule has 0 N–H and O–H groups in total. The van der Waals surface area contributed by atoms with Crippen LogP contribution in [0.25, 0.3) is 0 Å². The summed E-state index contributed by atoms with van der Waals surface area (Å²) in [6, 6.07) is 0.435. The Labute approximate surface area is 98.1 Å². The van der Waals surface area contributed by atoms with Gasteiger partial charge in [-0.1, -0.05) is 11.6 Å². The minimum absolute atomic E-state index is 0.386. The monoisotopic (exact) mass is 244 g/mol. The number of nitrogens with zero attached hydrogens (tertiary/aromatic N) is 2. The number of carbonyl (C=O) groups excluding carboxylic acids is 1. The van der Waals surface area contributed by atoms with Crippen molar-refractivity contribution in [1.29, 1.82) is 0 Å². The van der Waals surface area contributed by atoms with E-state index in [4.69, 9.17) is 11.6 Å². The Hall–Kier alpha value is -0.610. The van der Waals surface area contributed by atoms with Gasteiger partial charge in [0, 0.05) is 31.3 Å². The van der Waals surface area contributed by atoms with E-state index < -0.39 is 0 Å². The number of carbonyl (C=O) groups is 1. The van der Waals surface area contributed by atoms with Gasteiger partial charge in [-0.2, -0.15) is 0 Å². The van der Waals surface area contributed by atoms with Crippen molar-refractivity contribution in [3.8, 4) is 0 Å². The number of aromatic nitrogens is 1. The van der Waals surface area contributed by atoms with Gasteiger partial charge in [0.15, 0.2) is 5.13 Å². The standard InChI is InChI=1S/C10H13ClN2OS/c1-13(10-12-9(11)6-15-10)7-2-4-8(14)5-3-7/h6-7H,2-5H2,1H3. The lowest BCUT2D eigenvalue weighted by Gasteiger charge is -2.30. The molecule has 1 fully saturated rings.